The Labute approximate surface area is 223 Å². The monoisotopic (exact) mass is 575 g/mol. The minimum atomic E-state index is -0.0541. The molecular formula is C32H34INO. The lowest BCUT2D eigenvalue weighted by Gasteiger charge is -2.28. The van der Waals surface area contributed by atoms with Crippen LogP contribution < -0.4 is 9.64 Å². The molecule has 0 N–H and O–H groups in total. The smallest absolute Gasteiger partial charge is 0.119 e. The minimum absolute atomic E-state index is 0.0541. The second-order valence-electron chi connectivity index (χ2n) is 10.2. The fourth-order valence-electron chi connectivity index (χ4n) is 6.03. The van der Waals surface area contributed by atoms with E-state index in [0.29, 0.717) is 12.0 Å². The number of nitrogens with zero attached hydrogens (tertiary/aromatic N) is 1. The number of ether oxygens (including phenoxy) is 1. The Kier molecular flexibility index (Phi) is 6.80. The molecule has 1 heterocycles. The van der Waals surface area contributed by atoms with E-state index in [2.05, 4.69) is 133 Å². The largest absolute Gasteiger partial charge is 0.497 e. The first-order chi connectivity index (χ1) is 16.9. The van der Waals surface area contributed by atoms with Gasteiger partial charge in [0.1, 0.15) is 5.75 Å². The van der Waals surface area contributed by atoms with Crippen molar-refractivity contribution in [3.05, 3.63) is 105 Å². The number of methoxy groups -OCH3 is 1. The van der Waals surface area contributed by atoms with Gasteiger partial charge in [-0.1, -0.05) is 62.8 Å². The second kappa shape index (κ2) is 9.85. The maximum absolute atomic E-state index is 5.39. The van der Waals surface area contributed by atoms with Crippen LogP contribution in [0, 0.1) is 3.57 Å². The highest BCUT2D eigenvalue weighted by atomic mass is 127. The van der Waals surface area contributed by atoms with Gasteiger partial charge in [0.25, 0.3) is 0 Å². The number of allylic oxidation sites excluding steroid dienone is 3. The summed E-state index contributed by atoms with van der Waals surface area (Å²) in [5.74, 6) is 1.52. The molecule has 2 atom stereocenters. The molecule has 0 saturated heterocycles. The number of hydrogen-bond donors (Lipinski definition) is 0. The third-order valence-electron chi connectivity index (χ3n) is 7.91. The van der Waals surface area contributed by atoms with Crippen LogP contribution in [-0.2, 0) is 5.41 Å². The zero-order valence-corrected chi connectivity index (χ0v) is 23.2. The van der Waals surface area contributed by atoms with Crippen molar-refractivity contribution in [2.45, 2.75) is 57.4 Å². The maximum atomic E-state index is 5.39. The SMILES string of the molecule is C/C=C(\C=C\c1ccc2c(c1)C1CCCC1N2c1ccc(OC)cc1)C(C)(C)c1ccccc1I. The third-order valence-corrected chi connectivity index (χ3v) is 8.85. The summed E-state index contributed by atoms with van der Waals surface area (Å²) in [7, 11) is 1.73. The van der Waals surface area contributed by atoms with E-state index in [1.807, 2.05) is 0 Å². The number of anilines is 2. The Hall–Kier alpha value is -2.53. The third kappa shape index (κ3) is 4.44. The van der Waals surface area contributed by atoms with Crippen molar-refractivity contribution in [1.82, 2.24) is 0 Å². The zero-order chi connectivity index (χ0) is 24.6. The van der Waals surface area contributed by atoms with Gasteiger partial charge in [-0.25, -0.2) is 0 Å². The van der Waals surface area contributed by atoms with E-state index in [1.54, 1.807) is 7.11 Å². The summed E-state index contributed by atoms with van der Waals surface area (Å²) in [6, 6.07) is 24.8. The molecule has 0 amide bonds. The van der Waals surface area contributed by atoms with Gasteiger partial charge in [0.2, 0.25) is 0 Å². The number of halogens is 1. The molecule has 0 spiro atoms. The van der Waals surface area contributed by atoms with Crippen molar-refractivity contribution in [2.24, 2.45) is 0 Å². The van der Waals surface area contributed by atoms with Gasteiger partial charge in [-0.15, -0.1) is 0 Å². The molecule has 0 bridgehead atoms. The van der Waals surface area contributed by atoms with Gasteiger partial charge in [0, 0.05) is 32.3 Å². The molecule has 1 aliphatic heterocycles. The zero-order valence-electron chi connectivity index (χ0n) is 21.1. The van der Waals surface area contributed by atoms with Gasteiger partial charge in [-0.05, 0) is 107 Å². The standard InChI is InChI=1S/C32H34INO/c1-5-23(32(2,3)28-10-6-7-11-29(28)33)15-13-22-14-20-31-27(21-22)26-9-8-12-30(26)34(31)24-16-18-25(35-4)19-17-24/h5-7,10-11,13-21,26,30H,8-9,12H2,1-4H3/b15-13+,23-5+. The Morgan fingerprint density at radius 3 is 2.51 bits per heavy atom. The molecule has 1 saturated carbocycles. The van der Waals surface area contributed by atoms with Crippen LogP contribution in [0.2, 0.25) is 0 Å². The van der Waals surface area contributed by atoms with Crippen molar-refractivity contribution in [3.63, 3.8) is 0 Å². The first kappa shape index (κ1) is 24.2. The number of fused-ring (bicyclic) bond motifs is 3. The summed E-state index contributed by atoms with van der Waals surface area (Å²) in [6.45, 7) is 6.79. The first-order valence-corrected chi connectivity index (χ1v) is 13.7. The normalized spacial score (nSPS) is 19.8. The van der Waals surface area contributed by atoms with Crippen molar-refractivity contribution in [1.29, 1.82) is 0 Å². The van der Waals surface area contributed by atoms with Gasteiger partial charge in [0.15, 0.2) is 0 Å². The highest BCUT2D eigenvalue weighted by molar-refractivity contribution is 14.1. The Morgan fingerprint density at radius 2 is 1.80 bits per heavy atom. The predicted octanol–water partition coefficient (Wildman–Crippen LogP) is 9.02. The lowest BCUT2D eigenvalue weighted by atomic mass is 9.77. The van der Waals surface area contributed by atoms with Gasteiger partial charge in [-0.3, -0.25) is 0 Å². The fraction of sp³-hybridized carbons (Fsp3) is 0.312. The minimum Gasteiger partial charge on any atom is -0.497 e. The van der Waals surface area contributed by atoms with E-state index in [4.69, 9.17) is 4.74 Å². The molecule has 180 valence electrons. The molecule has 3 aromatic carbocycles. The van der Waals surface area contributed by atoms with E-state index in [1.165, 1.54) is 56.5 Å². The van der Waals surface area contributed by atoms with E-state index in [9.17, 15) is 0 Å². The van der Waals surface area contributed by atoms with Gasteiger partial charge >= 0.3 is 0 Å². The Morgan fingerprint density at radius 1 is 1.03 bits per heavy atom. The average Bonchev–Trinajstić information content (AvgIpc) is 3.45. The van der Waals surface area contributed by atoms with Crippen LogP contribution in [0.25, 0.3) is 6.08 Å². The van der Waals surface area contributed by atoms with Crippen molar-refractivity contribution in [3.8, 4) is 5.75 Å². The van der Waals surface area contributed by atoms with E-state index in [-0.39, 0.29) is 5.41 Å². The van der Waals surface area contributed by atoms with Gasteiger partial charge < -0.3 is 9.64 Å². The lowest BCUT2D eigenvalue weighted by molar-refractivity contribution is 0.415. The molecule has 3 heteroatoms. The molecule has 2 unspecified atom stereocenters. The fourth-order valence-corrected chi connectivity index (χ4v) is 7.09. The summed E-state index contributed by atoms with van der Waals surface area (Å²) < 4.78 is 6.70. The summed E-state index contributed by atoms with van der Waals surface area (Å²) in [4.78, 5) is 2.57. The van der Waals surface area contributed by atoms with Gasteiger partial charge in [-0.2, -0.15) is 0 Å². The van der Waals surface area contributed by atoms with Crippen LogP contribution in [0.4, 0.5) is 11.4 Å². The number of rotatable bonds is 6. The van der Waals surface area contributed by atoms with Crippen molar-refractivity contribution in [2.75, 3.05) is 12.0 Å². The highest BCUT2D eigenvalue weighted by Gasteiger charge is 2.42. The molecule has 35 heavy (non-hydrogen) atoms. The average molecular weight is 576 g/mol. The first-order valence-electron chi connectivity index (χ1n) is 12.6. The van der Waals surface area contributed by atoms with Crippen molar-refractivity contribution >= 4 is 40.0 Å². The van der Waals surface area contributed by atoms with E-state index >= 15 is 0 Å². The van der Waals surface area contributed by atoms with Crippen LogP contribution in [0.3, 0.4) is 0 Å². The molecule has 1 fully saturated rings. The molecule has 1 aliphatic carbocycles. The topological polar surface area (TPSA) is 12.5 Å². The van der Waals surface area contributed by atoms with E-state index < -0.39 is 0 Å². The summed E-state index contributed by atoms with van der Waals surface area (Å²) in [6.07, 6.45) is 10.7. The van der Waals surface area contributed by atoms with Gasteiger partial charge in [0.05, 0.1) is 7.11 Å². The predicted molar refractivity (Wildman–Crippen MR) is 157 cm³/mol. The number of hydrogen-bond acceptors (Lipinski definition) is 2. The molecule has 0 aromatic heterocycles. The molecule has 2 nitrogen and oxygen atoms in total. The summed E-state index contributed by atoms with van der Waals surface area (Å²) in [5, 5.41) is 0. The van der Waals surface area contributed by atoms with E-state index in [0.717, 1.165) is 5.75 Å². The van der Waals surface area contributed by atoms with Crippen LogP contribution >= 0.6 is 22.6 Å². The van der Waals surface area contributed by atoms with Crippen LogP contribution in [-0.4, -0.2) is 13.2 Å². The highest BCUT2D eigenvalue weighted by Crippen LogP contribution is 2.52. The molecule has 3 aromatic rings. The molecule has 2 aliphatic rings. The lowest BCUT2D eigenvalue weighted by Crippen LogP contribution is -2.26. The molecule has 0 radical (unpaired) electrons. The number of benzene rings is 3. The second-order valence-corrected chi connectivity index (χ2v) is 11.3. The molecule has 5 rings (SSSR count). The molecular weight excluding hydrogens is 541 g/mol. The van der Waals surface area contributed by atoms with Crippen LogP contribution in [0.15, 0.2) is 84.5 Å². The van der Waals surface area contributed by atoms with Crippen LogP contribution in [0.1, 0.15) is 62.6 Å². The Bertz CT molecular complexity index is 1270. The quantitative estimate of drug-likeness (QED) is 0.215. The Balaban J connectivity index is 1.45. The summed E-state index contributed by atoms with van der Waals surface area (Å²) >= 11 is 2.46. The van der Waals surface area contributed by atoms with Crippen molar-refractivity contribution < 1.29 is 4.74 Å². The maximum Gasteiger partial charge on any atom is 0.119 e. The summed E-state index contributed by atoms with van der Waals surface area (Å²) in [5.41, 5.74) is 8.07. The van der Waals surface area contributed by atoms with Crippen LogP contribution in [0.5, 0.6) is 5.75 Å².